The van der Waals surface area contributed by atoms with Crippen LogP contribution < -0.4 is 4.90 Å². The van der Waals surface area contributed by atoms with E-state index >= 15 is 0 Å². The second kappa shape index (κ2) is 6.39. The maximum absolute atomic E-state index is 6.03. The Morgan fingerprint density at radius 2 is 2.28 bits per heavy atom. The number of anilines is 1. The molecule has 2 rings (SSSR count). The third-order valence-corrected chi connectivity index (χ3v) is 3.94. The third kappa shape index (κ3) is 2.96. The van der Waals surface area contributed by atoms with Crippen LogP contribution in [0.25, 0.3) is 0 Å². The summed E-state index contributed by atoms with van der Waals surface area (Å²) in [5.74, 6) is 1.61. The van der Waals surface area contributed by atoms with Crippen LogP contribution in [0.4, 0.5) is 5.82 Å². The molecule has 0 aromatic carbocycles. The molecule has 0 bridgehead atoms. The fourth-order valence-corrected chi connectivity index (χ4v) is 2.87. The number of hydrogen-bond donors (Lipinski definition) is 0. The monoisotopic (exact) mass is 267 g/mol. The summed E-state index contributed by atoms with van der Waals surface area (Å²) in [5, 5.41) is 0. The minimum Gasteiger partial charge on any atom is -0.352 e. The summed E-state index contributed by atoms with van der Waals surface area (Å²) in [6.07, 6.45) is 4.20. The van der Waals surface area contributed by atoms with Gasteiger partial charge in [0.05, 0.1) is 5.88 Å². The zero-order valence-corrected chi connectivity index (χ0v) is 12.0. The summed E-state index contributed by atoms with van der Waals surface area (Å²) in [6, 6.07) is 4.58. The van der Waals surface area contributed by atoms with Gasteiger partial charge in [-0.25, -0.2) is 4.98 Å². The Balaban J connectivity index is 2.28. The second-order valence-electron chi connectivity index (χ2n) is 4.99. The maximum Gasteiger partial charge on any atom is 0.133 e. The van der Waals surface area contributed by atoms with Gasteiger partial charge < -0.3 is 9.80 Å². The number of hydrogen-bond acceptors (Lipinski definition) is 3. The Kier molecular flexibility index (Phi) is 4.84. The molecule has 0 aliphatic carbocycles. The summed E-state index contributed by atoms with van der Waals surface area (Å²) in [4.78, 5) is 9.42. The van der Waals surface area contributed by atoms with Crippen LogP contribution in [0.2, 0.25) is 0 Å². The molecule has 1 fully saturated rings. The van der Waals surface area contributed by atoms with Gasteiger partial charge in [0.1, 0.15) is 5.82 Å². The van der Waals surface area contributed by atoms with Gasteiger partial charge in [0, 0.05) is 30.9 Å². The molecule has 0 N–H and O–H groups in total. The van der Waals surface area contributed by atoms with E-state index in [0.717, 1.165) is 37.4 Å². The molecule has 1 saturated heterocycles. The lowest BCUT2D eigenvalue weighted by atomic mass is 10.1. The molecule has 1 aliphatic heterocycles. The van der Waals surface area contributed by atoms with Crippen molar-refractivity contribution < 1.29 is 0 Å². The Bertz CT molecular complexity index is 383. The topological polar surface area (TPSA) is 19.4 Å². The first-order valence-electron chi connectivity index (χ1n) is 6.71. The number of halogens is 1. The molecular weight excluding hydrogens is 246 g/mol. The number of aromatic nitrogens is 1. The minimum atomic E-state index is 0.534. The van der Waals surface area contributed by atoms with E-state index in [-0.39, 0.29) is 0 Å². The van der Waals surface area contributed by atoms with E-state index in [1.165, 1.54) is 6.42 Å². The molecule has 2 heterocycles. The summed E-state index contributed by atoms with van der Waals surface area (Å²) in [7, 11) is 2.20. The van der Waals surface area contributed by atoms with Crippen LogP contribution in [-0.4, -0.2) is 42.6 Å². The first-order valence-corrected chi connectivity index (χ1v) is 7.24. The second-order valence-corrected chi connectivity index (χ2v) is 5.26. The highest BCUT2D eigenvalue weighted by atomic mass is 35.5. The number of alkyl halides is 1. The lowest BCUT2D eigenvalue weighted by molar-refractivity contribution is 0.327. The van der Waals surface area contributed by atoms with Gasteiger partial charge in [-0.05, 0) is 32.5 Å². The van der Waals surface area contributed by atoms with Crippen molar-refractivity contribution in [3.8, 4) is 0 Å². The van der Waals surface area contributed by atoms with Crippen molar-refractivity contribution in [2.75, 3.05) is 31.6 Å². The fraction of sp³-hybridized carbons (Fsp3) is 0.643. The summed E-state index contributed by atoms with van der Waals surface area (Å²) < 4.78 is 0. The van der Waals surface area contributed by atoms with Crippen LogP contribution in [-0.2, 0) is 5.88 Å². The van der Waals surface area contributed by atoms with Crippen LogP contribution in [0, 0.1) is 0 Å². The Morgan fingerprint density at radius 1 is 1.44 bits per heavy atom. The van der Waals surface area contributed by atoms with Crippen molar-refractivity contribution in [2.24, 2.45) is 0 Å². The molecule has 100 valence electrons. The van der Waals surface area contributed by atoms with Crippen LogP contribution in [0.3, 0.4) is 0 Å². The SMILES string of the molecule is CCC1CN(C)CCCN1c1ncccc1CCl. The predicted octanol–water partition coefficient (Wildman–Crippen LogP) is 2.74. The minimum absolute atomic E-state index is 0.534. The Morgan fingerprint density at radius 3 is 3.00 bits per heavy atom. The normalized spacial score (nSPS) is 21.9. The zero-order chi connectivity index (χ0) is 13.0. The fourth-order valence-electron chi connectivity index (χ4n) is 2.66. The molecule has 0 spiro atoms. The van der Waals surface area contributed by atoms with Crippen LogP contribution in [0.5, 0.6) is 0 Å². The number of rotatable bonds is 3. The standard InChI is InChI=1S/C14H22ClN3/c1-3-13-11-17(2)8-5-9-18(13)14-12(10-15)6-4-7-16-14/h4,6-7,13H,3,5,8-11H2,1-2H3. The van der Waals surface area contributed by atoms with Crippen molar-refractivity contribution >= 4 is 17.4 Å². The third-order valence-electron chi connectivity index (χ3n) is 3.66. The highest BCUT2D eigenvalue weighted by Crippen LogP contribution is 2.24. The molecule has 0 saturated carbocycles. The van der Waals surface area contributed by atoms with Crippen molar-refractivity contribution in [2.45, 2.75) is 31.7 Å². The average molecular weight is 268 g/mol. The molecule has 1 aromatic heterocycles. The predicted molar refractivity (Wildman–Crippen MR) is 77.3 cm³/mol. The molecule has 0 amide bonds. The van der Waals surface area contributed by atoms with Crippen molar-refractivity contribution in [3.05, 3.63) is 23.9 Å². The van der Waals surface area contributed by atoms with Gasteiger partial charge in [-0.15, -0.1) is 11.6 Å². The quantitative estimate of drug-likeness (QED) is 0.785. The van der Waals surface area contributed by atoms with Gasteiger partial charge in [0.15, 0.2) is 0 Å². The molecule has 1 aliphatic rings. The van der Waals surface area contributed by atoms with E-state index in [1.807, 2.05) is 12.3 Å². The highest BCUT2D eigenvalue weighted by molar-refractivity contribution is 6.17. The van der Waals surface area contributed by atoms with Gasteiger partial charge in [0.2, 0.25) is 0 Å². The van der Waals surface area contributed by atoms with Crippen LogP contribution >= 0.6 is 11.6 Å². The van der Waals surface area contributed by atoms with Gasteiger partial charge in [0.25, 0.3) is 0 Å². The molecule has 4 heteroatoms. The Hall–Kier alpha value is -0.800. The smallest absolute Gasteiger partial charge is 0.133 e. The molecule has 18 heavy (non-hydrogen) atoms. The molecule has 0 radical (unpaired) electrons. The van der Waals surface area contributed by atoms with Gasteiger partial charge in [-0.1, -0.05) is 13.0 Å². The first-order chi connectivity index (χ1) is 8.76. The van der Waals surface area contributed by atoms with Crippen LogP contribution in [0.1, 0.15) is 25.3 Å². The largest absolute Gasteiger partial charge is 0.352 e. The van der Waals surface area contributed by atoms with Crippen molar-refractivity contribution in [1.29, 1.82) is 0 Å². The molecule has 1 aromatic rings. The van der Waals surface area contributed by atoms with E-state index in [2.05, 4.69) is 34.8 Å². The molecule has 1 unspecified atom stereocenters. The molecule has 1 atom stereocenters. The van der Waals surface area contributed by atoms with E-state index in [0.29, 0.717) is 11.9 Å². The summed E-state index contributed by atoms with van der Waals surface area (Å²) in [5.41, 5.74) is 1.14. The lowest BCUT2D eigenvalue weighted by Crippen LogP contribution is -2.40. The van der Waals surface area contributed by atoms with Gasteiger partial charge >= 0.3 is 0 Å². The zero-order valence-electron chi connectivity index (χ0n) is 11.3. The molecule has 3 nitrogen and oxygen atoms in total. The van der Waals surface area contributed by atoms with E-state index in [1.54, 1.807) is 0 Å². The number of nitrogens with zero attached hydrogens (tertiary/aromatic N) is 3. The van der Waals surface area contributed by atoms with Crippen molar-refractivity contribution in [3.63, 3.8) is 0 Å². The summed E-state index contributed by atoms with van der Waals surface area (Å²) >= 11 is 6.03. The van der Waals surface area contributed by atoms with Gasteiger partial charge in [-0.2, -0.15) is 0 Å². The van der Waals surface area contributed by atoms with E-state index in [4.69, 9.17) is 11.6 Å². The molecular formula is C14H22ClN3. The Labute approximate surface area is 115 Å². The lowest BCUT2D eigenvalue weighted by Gasteiger charge is -2.32. The van der Waals surface area contributed by atoms with Crippen LogP contribution in [0.15, 0.2) is 18.3 Å². The number of pyridine rings is 1. The first kappa shape index (κ1) is 13.6. The highest BCUT2D eigenvalue weighted by Gasteiger charge is 2.24. The number of likely N-dealkylation sites (N-methyl/N-ethyl adjacent to an activating group) is 1. The van der Waals surface area contributed by atoms with Gasteiger partial charge in [-0.3, -0.25) is 0 Å². The van der Waals surface area contributed by atoms with E-state index < -0.39 is 0 Å². The van der Waals surface area contributed by atoms with Crippen molar-refractivity contribution in [1.82, 2.24) is 9.88 Å². The maximum atomic E-state index is 6.03. The summed E-state index contributed by atoms with van der Waals surface area (Å²) in [6.45, 7) is 5.59. The average Bonchev–Trinajstić information content (AvgIpc) is 2.60. The van der Waals surface area contributed by atoms with E-state index in [9.17, 15) is 0 Å².